The van der Waals surface area contributed by atoms with Gasteiger partial charge in [0.1, 0.15) is 0 Å². The maximum absolute atomic E-state index is 5.84. The minimum Gasteiger partial charge on any atom is -0.329 e. The summed E-state index contributed by atoms with van der Waals surface area (Å²) in [5.41, 5.74) is 6.14. The van der Waals surface area contributed by atoms with Crippen molar-refractivity contribution >= 4 is 0 Å². The zero-order valence-electron chi connectivity index (χ0n) is 8.14. The summed E-state index contributed by atoms with van der Waals surface area (Å²) < 4.78 is 0. The van der Waals surface area contributed by atoms with E-state index in [-0.39, 0.29) is 0 Å². The second-order valence-corrected chi connectivity index (χ2v) is 4.75. The fourth-order valence-electron chi connectivity index (χ4n) is 2.47. The van der Waals surface area contributed by atoms with Crippen LogP contribution in [-0.2, 0) is 0 Å². The molecule has 2 nitrogen and oxygen atoms in total. The molecule has 0 amide bonds. The van der Waals surface area contributed by atoms with E-state index < -0.39 is 0 Å². The molecule has 2 rings (SSSR count). The highest BCUT2D eigenvalue weighted by atomic mass is 15.1. The standard InChI is InChI=1S/C10H20N2/c1-7-5-10(6-11,8(7)2)12-9-3-4-9/h7-9,12H,3-6,11H2,1-2H3. The first-order chi connectivity index (χ1) is 5.68. The largest absolute Gasteiger partial charge is 0.329 e. The van der Waals surface area contributed by atoms with Crippen LogP contribution in [0, 0.1) is 11.8 Å². The highest BCUT2D eigenvalue weighted by Gasteiger charge is 2.49. The Morgan fingerprint density at radius 1 is 1.42 bits per heavy atom. The van der Waals surface area contributed by atoms with E-state index in [0.29, 0.717) is 5.54 Å². The average Bonchev–Trinajstić information content (AvgIpc) is 2.86. The summed E-state index contributed by atoms with van der Waals surface area (Å²) in [6.07, 6.45) is 4.01. The van der Waals surface area contributed by atoms with Crippen LogP contribution in [0.2, 0.25) is 0 Å². The Hall–Kier alpha value is -0.0800. The van der Waals surface area contributed by atoms with Crippen LogP contribution in [0.5, 0.6) is 0 Å². The van der Waals surface area contributed by atoms with Crippen molar-refractivity contribution in [2.75, 3.05) is 6.54 Å². The maximum Gasteiger partial charge on any atom is 0.0337 e. The predicted molar refractivity (Wildman–Crippen MR) is 50.9 cm³/mol. The molecule has 0 radical (unpaired) electrons. The van der Waals surface area contributed by atoms with E-state index in [2.05, 4.69) is 19.2 Å². The normalized spacial score (nSPS) is 47.2. The Bertz CT molecular complexity index is 177. The lowest BCUT2D eigenvalue weighted by atomic mass is 9.60. The van der Waals surface area contributed by atoms with Crippen molar-refractivity contribution in [3.05, 3.63) is 0 Å². The van der Waals surface area contributed by atoms with E-state index in [1.165, 1.54) is 19.3 Å². The van der Waals surface area contributed by atoms with Crippen LogP contribution in [0.15, 0.2) is 0 Å². The van der Waals surface area contributed by atoms with Gasteiger partial charge in [-0.25, -0.2) is 0 Å². The Morgan fingerprint density at radius 2 is 2.08 bits per heavy atom. The van der Waals surface area contributed by atoms with E-state index >= 15 is 0 Å². The molecule has 0 aliphatic heterocycles. The van der Waals surface area contributed by atoms with Crippen molar-refractivity contribution in [2.24, 2.45) is 17.6 Å². The van der Waals surface area contributed by atoms with Crippen LogP contribution >= 0.6 is 0 Å². The van der Waals surface area contributed by atoms with E-state index in [1.54, 1.807) is 0 Å². The van der Waals surface area contributed by atoms with Gasteiger partial charge in [-0.2, -0.15) is 0 Å². The fourth-order valence-corrected chi connectivity index (χ4v) is 2.47. The van der Waals surface area contributed by atoms with E-state index in [0.717, 1.165) is 24.4 Å². The monoisotopic (exact) mass is 168 g/mol. The number of rotatable bonds is 3. The van der Waals surface area contributed by atoms with Crippen molar-refractivity contribution in [1.82, 2.24) is 5.32 Å². The van der Waals surface area contributed by atoms with Crippen LogP contribution in [0.1, 0.15) is 33.1 Å². The number of nitrogens with two attached hydrogens (primary N) is 1. The summed E-state index contributed by atoms with van der Waals surface area (Å²) in [5.74, 6) is 1.63. The lowest BCUT2D eigenvalue weighted by Crippen LogP contribution is -2.66. The molecular weight excluding hydrogens is 148 g/mol. The van der Waals surface area contributed by atoms with Crippen LogP contribution in [-0.4, -0.2) is 18.1 Å². The summed E-state index contributed by atoms with van der Waals surface area (Å²) in [5, 5.41) is 3.71. The van der Waals surface area contributed by atoms with Crippen LogP contribution in [0.25, 0.3) is 0 Å². The van der Waals surface area contributed by atoms with Gasteiger partial charge >= 0.3 is 0 Å². The van der Waals surface area contributed by atoms with Gasteiger partial charge in [-0.05, 0) is 31.1 Å². The molecule has 0 aromatic heterocycles. The Balaban J connectivity index is 1.95. The lowest BCUT2D eigenvalue weighted by molar-refractivity contribution is 0.0342. The van der Waals surface area contributed by atoms with Gasteiger partial charge in [-0.15, -0.1) is 0 Å². The van der Waals surface area contributed by atoms with Crippen LogP contribution < -0.4 is 11.1 Å². The summed E-state index contributed by atoms with van der Waals surface area (Å²) in [4.78, 5) is 0. The second kappa shape index (κ2) is 2.71. The molecule has 2 saturated carbocycles. The van der Waals surface area contributed by atoms with E-state index in [1.807, 2.05) is 0 Å². The Morgan fingerprint density at radius 3 is 2.42 bits per heavy atom. The fraction of sp³-hybridized carbons (Fsp3) is 1.00. The molecule has 2 aliphatic rings. The molecule has 2 fully saturated rings. The predicted octanol–water partition coefficient (Wildman–Crippen LogP) is 1.11. The molecule has 0 aromatic carbocycles. The molecule has 0 bridgehead atoms. The molecular formula is C10H20N2. The first kappa shape index (κ1) is 8.52. The highest BCUT2D eigenvalue weighted by Crippen LogP contribution is 2.44. The summed E-state index contributed by atoms with van der Waals surface area (Å²) in [6, 6.07) is 0.795. The molecule has 12 heavy (non-hydrogen) atoms. The van der Waals surface area contributed by atoms with Gasteiger partial charge in [-0.3, -0.25) is 0 Å². The second-order valence-electron chi connectivity index (χ2n) is 4.75. The first-order valence-electron chi connectivity index (χ1n) is 5.16. The van der Waals surface area contributed by atoms with Gasteiger partial charge in [0.2, 0.25) is 0 Å². The molecule has 70 valence electrons. The molecule has 0 aromatic rings. The number of hydrogen-bond acceptors (Lipinski definition) is 2. The Kier molecular flexibility index (Phi) is 1.92. The quantitative estimate of drug-likeness (QED) is 0.662. The van der Waals surface area contributed by atoms with Crippen molar-refractivity contribution in [1.29, 1.82) is 0 Å². The summed E-state index contributed by atoms with van der Waals surface area (Å²) >= 11 is 0. The molecule has 0 saturated heterocycles. The molecule has 3 N–H and O–H groups in total. The van der Waals surface area contributed by atoms with E-state index in [9.17, 15) is 0 Å². The first-order valence-corrected chi connectivity index (χ1v) is 5.16. The van der Waals surface area contributed by atoms with Crippen molar-refractivity contribution in [3.63, 3.8) is 0 Å². The molecule has 0 heterocycles. The van der Waals surface area contributed by atoms with Gasteiger partial charge in [0.25, 0.3) is 0 Å². The summed E-state index contributed by atoms with van der Waals surface area (Å²) in [7, 11) is 0. The third kappa shape index (κ3) is 1.17. The van der Waals surface area contributed by atoms with Gasteiger partial charge in [-0.1, -0.05) is 13.8 Å². The summed E-state index contributed by atoms with van der Waals surface area (Å²) in [6.45, 7) is 5.47. The third-order valence-electron chi connectivity index (χ3n) is 3.84. The van der Waals surface area contributed by atoms with Gasteiger partial charge in [0.15, 0.2) is 0 Å². The van der Waals surface area contributed by atoms with Gasteiger partial charge in [0.05, 0.1) is 0 Å². The number of nitrogens with one attached hydrogen (secondary N) is 1. The smallest absolute Gasteiger partial charge is 0.0337 e. The zero-order valence-corrected chi connectivity index (χ0v) is 8.14. The topological polar surface area (TPSA) is 38.0 Å². The average molecular weight is 168 g/mol. The van der Waals surface area contributed by atoms with Gasteiger partial charge < -0.3 is 11.1 Å². The highest BCUT2D eigenvalue weighted by molar-refractivity contribution is 5.08. The molecule has 3 unspecified atom stereocenters. The maximum atomic E-state index is 5.84. The van der Waals surface area contributed by atoms with Crippen LogP contribution in [0.4, 0.5) is 0 Å². The molecule has 2 heteroatoms. The third-order valence-corrected chi connectivity index (χ3v) is 3.84. The molecule has 0 spiro atoms. The SMILES string of the molecule is CC1CC(CN)(NC2CC2)C1C. The van der Waals surface area contributed by atoms with Crippen molar-refractivity contribution < 1.29 is 0 Å². The van der Waals surface area contributed by atoms with Crippen LogP contribution in [0.3, 0.4) is 0 Å². The molecule has 3 atom stereocenters. The minimum atomic E-state index is 0.306. The zero-order chi connectivity index (χ0) is 8.77. The minimum absolute atomic E-state index is 0.306. The number of hydrogen-bond donors (Lipinski definition) is 2. The van der Waals surface area contributed by atoms with Crippen molar-refractivity contribution in [3.8, 4) is 0 Å². The van der Waals surface area contributed by atoms with Gasteiger partial charge in [0, 0.05) is 18.1 Å². The van der Waals surface area contributed by atoms with E-state index in [4.69, 9.17) is 5.73 Å². The Labute approximate surface area is 74.9 Å². The van der Waals surface area contributed by atoms with Crippen molar-refractivity contribution in [2.45, 2.75) is 44.7 Å². The lowest BCUT2D eigenvalue weighted by Gasteiger charge is -2.53. The molecule has 2 aliphatic carbocycles.